The molecule has 0 amide bonds. The van der Waals surface area contributed by atoms with Crippen molar-refractivity contribution in [3.63, 3.8) is 0 Å². The molecule has 0 bridgehead atoms. The molecule has 3 rings (SSSR count). The first-order chi connectivity index (χ1) is 9.24. The van der Waals surface area contributed by atoms with Crippen molar-refractivity contribution in [2.75, 3.05) is 20.1 Å². The van der Waals surface area contributed by atoms with Crippen LogP contribution in [0.5, 0.6) is 0 Å². The molecular formula is C14H19ClN4. The van der Waals surface area contributed by atoms with Crippen molar-refractivity contribution in [3.05, 3.63) is 35.2 Å². The first kappa shape index (κ1) is 12.9. The summed E-state index contributed by atoms with van der Waals surface area (Å²) in [6, 6.07) is 4.52. The number of fused-ring (bicyclic) bond motifs is 1. The number of aromatic nitrogens is 2. The van der Waals surface area contributed by atoms with Crippen LogP contribution in [0.25, 0.3) is 5.65 Å². The van der Waals surface area contributed by atoms with Gasteiger partial charge in [-0.3, -0.25) is 4.90 Å². The van der Waals surface area contributed by atoms with Crippen LogP contribution in [0.1, 0.15) is 18.5 Å². The van der Waals surface area contributed by atoms with Crippen molar-refractivity contribution in [3.8, 4) is 0 Å². The molecule has 19 heavy (non-hydrogen) atoms. The quantitative estimate of drug-likeness (QED) is 0.934. The van der Waals surface area contributed by atoms with Crippen molar-refractivity contribution >= 4 is 17.2 Å². The average molecular weight is 279 g/mol. The minimum Gasteiger partial charge on any atom is -0.317 e. The Labute approximate surface area is 118 Å². The fourth-order valence-electron chi connectivity index (χ4n) is 2.70. The molecule has 0 atom stereocenters. The Kier molecular flexibility index (Phi) is 3.73. The third-order valence-corrected chi connectivity index (χ3v) is 4.07. The van der Waals surface area contributed by atoms with Gasteiger partial charge in [-0.25, -0.2) is 4.98 Å². The van der Waals surface area contributed by atoms with Gasteiger partial charge in [0.15, 0.2) is 0 Å². The van der Waals surface area contributed by atoms with Crippen LogP contribution in [0.2, 0.25) is 5.02 Å². The molecule has 1 saturated heterocycles. The third-order valence-electron chi connectivity index (χ3n) is 3.85. The van der Waals surface area contributed by atoms with Crippen LogP contribution in [0.4, 0.5) is 0 Å². The molecule has 0 spiro atoms. The minimum atomic E-state index is 0.677. The minimum absolute atomic E-state index is 0.677. The van der Waals surface area contributed by atoms with E-state index in [9.17, 15) is 0 Å². The van der Waals surface area contributed by atoms with E-state index in [0.717, 1.165) is 36.0 Å². The maximum atomic E-state index is 5.99. The summed E-state index contributed by atoms with van der Waals surface area (Å²) >= 11 is 5.99. The van der Waals surface area contributed by atoms with Gasteiger partial charge >= 0.3 is 0 Å². The molecule has 1 aliphatic rings. The van der Waals surface area contributed by atoms with Gasteiger partial charge < -0.3 is 9.72 Å². The lowest BCUT2D eigenvalue weighted by Crippen LogP contribution is -2.40. The number of imidazole rings is 1. The number of piperidine rings is 1. The molecule has 0 aliphatic carbocycles. The van der Waals surface area contributed by atoms with E-state index in [2.05, 4.69) is 21.4 Å². The van der Waals surface area contributed by atoms with Crippen LogP contribution in [-0.4, -0.2) is 40.5 Å². The van der Waals surface area contributed by atoms with Crippen LogP contribution in [0.3, 0.4) is 0 Å². The first-order valence-electron chi connectivity index (χ1n) is 6.77. The van der Waals surface area contributed by atoms with E-state index in [4.69, 9.17) is 11.6 Å². The van der Waals surface area contributed by atoms with Gasteiger partial charge in [0.25, 0.3) is 0 Å². The molecule has 0 radical (unpaired) electrons. The lowest BCUT2D eigenvalue weighted by atomic mass is 10.1. The predicted molar refractivity (Wildman–Crippen MR) is 77.6 cm³/mol. The first-order valence-corrected chi connectivity index (χ1v) is 7.15. The zero-order chi connectivity index (χ0) is 13.2. The van der Waals surface area contributed by atoms with E-state index < -0.39 is 0 Å². The molecular weight excluding hydrogens is 260 g/mol. The maximum Gasteiger partial charge on any atom is 0.137 e. The molecule has 2 aromatic rings. The van der Waals surface area contributed by atoms with E-state index in [1.54, 1.807) is 0 Å². The number of likely N-dealkylation sites (tertiary alicyclic amines) is 1. The highest BCUT2D eigenvalue weighted by molar-refractivity contribution is 6.30. The van der Waals surface area contributed by atoms with Gasteiger partial charge in [0, 0.05) is 38.1 Å². The lowest BCUT2D eigenvalue weighted by Gasteiger charge is -2.31. The highest BCUT2D eigenvalue weighted by Crippen LogP contribution is 2.15. The summed E-state index contributed by atoms with van der Waals surface area (Å²) < 4.78 is 2.00. The second-order valence-electron chi connectivity index (χ2n) is 5.18. The van der Waals surface area contributed by atoms with Crippen molar-refractivity contribution < 1.29 is 0 Å². The summed E-state index contributed by atoms with van der Waals surface area (Å²) in [6.45, 7) is 3.20. The zero-order valence-electron chi connectivity index (χ0n) is 11.1. The lowest BCUT2D eigenvalue weighted by molar-refractivity contribution is 0.193. The number of pyridine rings is 1. The molecule has 0 unspecified atom stereocenters. The molecule has 2 aromatic heterocycles. The Bertz CT molecular complexity index is 558. The average Bonchev–Trinajstić information content (AvgIpc) is 2.81. The number of nitrogens with zero attached hydrogens (tertiary/aromatic N) is 3. The van der Waals surface area contributed by atoms with Gasteiger partial charge in [-0.15, -0.1) is 0 Å². The molecule has 1 N–H and O–H groups in total. The third kappa shape index (κ3) is 2.91. The van der Waals surface area contributed by atoms with Crippen LogP contribution >= 0.6 is 11.6 Å². The summed E-state index contributed by atoms with van der Waals surface area (Å²) in [5.74, 6) is 0. The monoisotopic (exact) mass is 278 g/mol. The van der Waals surface area contributed by atoms with Crippen LogP contribution < -0.4 is 5.32 Å². The Hall–Kier alpha value is -1.10. The van der Waals surface area contributed by atoms with E-state index in [1.165, 1.54) is 12.8 Å². The van der Waals surface area contributed by atoms with E-state index in [-0.39, 0.29) is 0 Å². The van der Waals surface area contributed by atoms with Gasteiger partial charge in [-0.05, 0) is 32.0 Å². The Balaban J connectivity index is 1.68. The van der Waals surface area contributed by atoms with Crippen molar-refractivity contribution in [2.24, 2.45) is 0 Å². The van der Waals surface area contributed by atoms with Crippen LogP contribution in [-0.2, 0) is 6.54 Å². The summed E-state index contributed by atoms with van der Waals surface area (Å²) in [5.41, 5.74) is 2.08. The van der Waals surface area contributed by atoms with E-state index in [0.29, 0.717) is 6.04 Å². The zero-order valence-corrected chi connectivity index (χ0v) is 11.9. The van der Waals surface area contributed by atoms with Crippen LogP contribution in [0, 0.1) is 0 Å². The molecule has 0 saturated carbocycles. The molecule has 102 valence electrons. The molecule has 5 heteroatoms. The fraction of sp³-hybridized carbons (Fsp3) is 0.500. The molecule has 4 nitrogen and oxygen atoms in total. The molecule has 1 aliphatic heterocycles. The standard InChI is InChI=1S/C14H19ClN4/c1-16-12-4-6-18(7-5-12)9-13-10-19-8-11(15)2-3-14(19)17-13/h2-3,8,10,12,16H,4-7,9H2,1H3. The van der Waals surface area contributed by atoms with Gasteiger partial charge in [-0.2, -0.15) is 0 Å². The topological polar surface area (TPSA) is 32.6 Å². The maximum absolute atomic E-state index is 5.99. The molecule has 0 aromatic carbocycles. The SMILES string of the molecule is CNC1CCN(Cc2cn3cc(Cl)ccc3n2)CC1. The summed E-state index contributed by atoms with van der Waals surface area (Å²) in [7, 11) is 2.05. The molecule has 1 fully saturated rings. The number of hydrogen-bond donors (Lipinski definition) is 1. The number of halogens is 1. The normalized spacial score (nSPS) is 18.2. The highest BCUT2D eigenvalue weighted by Gasteiger charge is 2.18. The van der Waals surface area contributed by atoms with Gasteiger partial charge in [0.1, 0.15) is 5.65 Å². The van der Waals surface area contributed by atoms with Crippen LogP contribution in [0.15, 0.2) is 24.5 Å². The van der Waals surface area contributed by atoms with E-state index >= 15 is 0 Å². The summed E-state index contributed by atoms with van der Waals surface area (Å²) in [6.07, 6.45) is 6.41. The van der Waals surface area contributed by atoms with Crippen molar-refractivity contribution in [1.29, 1.82) is 0 Å². The summed E-state index contributed by atoms with van der Waals surface area (Å²) in [5, 5.41) is 4.10. The number of hydrogen-bond acceptors (Lipinski definition) is 3. The van der Waals surface area contributed by atoms with Crippen molar-refractivity contribution in [1.82, 2.24) is 19.6 Å². The van der Waals surface area contributed by atoms with Gasteiger partial charge in [0.05, 0.1) is 10.7 Å². The number of nitrogens with one attached hydrogen (secondary N) is 1. The Morgan fingerprint density at radius 3 is 2.84 bits per heavy atom. The highest BCUT2D eigenvalue weighted by atomic mass is 35.5. The smallest absolute Gasteiger partial charge is 0.137 e. The Morgan fingerprint density at radius 1 is 1.32 bits per heavy atom. The number of rotatable bonds is 3. The second kappa shape index (κ2) is 5.49. The van der Waals surface area contributed by atoms with Crippen molar-refractivity contribution in [2.45, 2.75) is 25.4 Å². The van der Waals surface area contributed by atoms with Gasteiger partial charge in [-0.1, -0.05) is 11.6 Å². The predicted octanol–water partition coefficient (Wildman–Crippen LogP) is 2.17. The summed E-state index contributed by atoms with van der Waals surface area (Å²) in [4.78, 5) is 7.10. The molecule has 3 heterocycles. The fourth-order valence-corrected chi connectivity index (χ4v) is 2.87. The second-order valence-corrected chi connectivity index (χ2v) is 5.62. The Morgan fingerprint density at radius 2 is 2.11 bits per heavy atom. The van der Waals surface area contributed by atoms with Gasteiger partial charge in [0.2, 0.25) is 0 Å². The largest absolute Gasteiger partial charge is 0.317 e. The van der Waals surface area contributed by atoms with E-state index in [1.807, 2.05) is 29.8 Å².